The molecule has 0 saturated carbocycles. The van der Waals surface area contributed by atoms with Crippen LogP contribution in [0.3, 0.4) is 0 Å². The number of pyridine rings is 1. The number of carbonyl (C=O) groups excluding carboxylic acids is 1. The molecule has 3 aromatic heterocycles. The van der Waals surface area contributed by atoms with Crippen LogP contribution in [0.1, 0.15) is 23.7 Å². The minimum Gasteiger partial charge on any atom is -0.383 e. The molecule has 6 rings (SSSR count). The highest BCUT2D eigenvalue weighted by Crippen LogP contribution is 2.40. The lowest BCUT2D eigenvalue weighted by molar-refractivity contribution is -0.125. The van der Waals surface area contributed by atoms with Crippen LogP contribution >= 0.6 is 0 Å². The standard InChI is InChI=1S/C30H24N6O/c1-2-26(37)35-15-14-23(18-35)36-25(13-12-20-8-4-3-5-9-20)27(28-29(31)33-19-34-30(28)36)22-16-21-10-6-7-11-24(21)32-17-22/h2-11,16-17,19,23H,1,14-15,18H2,(H2,31,33,34)/t23-/m1/s1. The Hall–Kier alpha value is -4.96. The van der Waals surface area contributed by atoms with E-state index >= 15 is 0 Å². The molecule has 0 aliphatic carbocycles. The molecule has 0 spiro atoms. The maximum absolute atomic E-state index is 12.4. The second-order valence-electron chi connectivity index (χ2n) is 9.01. The van der Waals surface area contributed by atoms with E-state index in [9.17, 15) is 4.79 Å². The highest BCUT2D eigenvalue weighted by atomic mass is 16.2. The van der Waals surface area contributed by atoms with Crippen LogP contribution in [-0.4, -0.2) is 43.4 Å². The maximum atomic E-state index is 12.4. The minimum atomic E-state index is -0.0797. The number of anilines is 1. The molecule has 1 aliphatic rings. The van der Waals surface area contributed by atoms with Crippen LogP contribution in [-0.2, 0) is 4.79 Å². The summed E-state index contributed by atoms with van der Waals surface area (Å²) in [5.41, 5.74) is 11.5. The summed E-state index contributed by atoms with van der Waals surface area (Å²) in [5, 5.41) is 1.76. The first-order chi connectivity index (χ1) is 18.1. The molecule has 7 heteroatoms. The zero-order valence-electron chi connectivity index (χ0n) is 20.1. The van der Waals surface area contributed by atoms with Crippen molar-refractivity contribution in [2.24, 2.45) is 0 Å². The lowest BCUT2D eigenvalue weighted by Gasteiger charge is -2.17. The minimum absolute atomic E-state index is 0.0251. The third-order valence-corrected chi connectivity index (χ3v) is 6.81. The van der Waals surface area contributed by atoms with Crippen molar-refractivity contribution in [3.05, 3.63) is 97.1 Å². The van der Waals surface area contributed by atoms with Crippen LogP contribution in [0.4, 0.5) is 5.82 Å². The summed E-state index contributed by atoms with van der Waals surface area (Å²) < 4.78 is 2.13. The van der Waals surface area contributed by atoms with E-state index in [1.165, 1.54) is 12.4 Å². The number of amides is 1. The molecule has 5 aromatic rings. The predicted octanol–water partition coefficient (Wildman–Crippen LogP) is 4.59. The third kappa shape index (κ3) is 3.99. The summed E-state index contributed by atoms with van der Waals surface area (Å²) in [5.74, 6) is 7.06. The fourth-order valence-electron chi connectivity index (χ4n) is 5.06. The molecule has 0 radical (unpaired) electrons. The Morgan fingerprint density at radius 2 is 1.86 bits per heavy atom. The SMILES string of the molecule is C=CC(=O)N1CC[C@@H](n2c(C#Cc3ccccc3)c(-c3cnc4ccccc4c3)c3c(N)ncnc32)C1. The lowest BCUT2D eigenvalue weighted by Crippen LogP contribution is -2.27. The summed E-state index contributed by atoms with van der Waals surface area (Å²) in [6.45, 7) is 4.82. The summed E-state index contributed by atoms with van der Waals surface area (Å²) >= 11 is 0. The lowest BCUT2D eigenvalue weighted by atomic mass is 10.0. The Balaban J connectivity index is 1.63. The van der Waals surface area contributed by atoms with E-state index in [-0.39, 0.29) is 11.9 Å². The number of likely N-dealkylation sites (tertiary alicyclic amines) is 1. The summed E-state index contributed by atoms with van der Waals surface area (Å²) in [7, 11) is 0. The molecule has 1 atom stereocenters. The largest absolute Gasteiger partial charge is 0.383 e. The number of nitrogen functional groups attached to an aromatic ring is 1. The van der Waals surface area contributed by atoms with Gasteiger partial charge >= 0.3 is 0 Å². The van der Waals surface area contributed by atoms with Crippen molar-refractivity contribution in [1.29, 1.82) is 0 Å². The second-order valence-corrected chi connectivity index (χ2v) is 9.01. The van der Waals surface area contributed by atoms with Gasteiger partial charge in [0.2, 0.25) is 5.91 Å². The van der Waals surface area contributed by atoms with Gasteiger partial charge in [0.1, 0.15) is 23.5 Å². The smallest absolute Gasteiger partial charge is 0.246 e. The molecule has 0 unspecified atom stereocenters. The highest BCUT2D eigenvalue weighted by molar-refractivity contribution is 6.04. The van der Waals surface area contributed by atoms with Crippen molar-refractivity contribution in [2.45, 2.75) is 12.5 Å². The topological polar surface area (TPSA) is 89.9 Å². The van der Waals surface area contributed by atoms with Gasteiger partial charge in [-0.05, 0) is 42.7 Å². The van der Waals surface area contributed by atoms with Crippen LogP contribution in [0.2, 0.25) is 0 Å². The van der Waals surface area contributed by atoms with E-state index in [4.69, 9.17) is 10.7 Å². The molecule has 2 N–H and O–H groups in total. The van der Waals surface area contributed by atoms with E-state index in [2.05, 4.69) is 39.0 Å². The van der Waals surface area contributed by atoms with Gasteiger partial charge in [-0.2, -0.15) is 0 Å². The molecule has 180 valence electrons. The van der Waals surface area contributed by atoms with Gasteiger partial charge in [0.15, 0.2) is 0 Å². The Morgan fingerprint density at radius 3 is 2.70 bits per heavy atom. The molecule has 0 bridgehead atoms. The molecular weight excluding hydrogens is 460 g/mol. The van der Waals surface area contributed by atoms with Gasteiger partial charge in [-0.1, -0.05) is 48.9 Å². The summed E-state index contributed by atoms with van der Waals surface area (Å²) in [4.78, 5) is 27.9. The zero-order valence-corrected chi connectivity index (χ0v) is 20.1. The van der Waals surface area contributed by atoms with E-state index in [1.54, 1.807) is 4.90 Å². The van der Waals surface area contributed by atoms with Crippen molar-refractivity contribution in [1.82, 2.24) is 24.4 Å². The van der Waals surface area contributed by atoms with Gasteiger partial charge in [0.25, 0.3) is 0 Å². The number of benzene rings is 2. The normalized spacial score (nSPS) is 15.0. The van der Waals surface area contributed by atoms with Crippen LogP contribution in [0, 0.1) is 11.8 Å². The van der Waals surface area contributed by atoms with Crippen molar-refractivity contribution in [2.75, 3.05) is 18.8 Å². The molecule has 1 fully saturated rings. The predicted molar refractivity (Wildman–Crippen MR) is 146 cm³/mol. The summed E-state index contributed by atoms with van der Waals surface area (Å²) in [6.07, 6.45) is 5.46. The van der Waals surface area contributed by atoms with E-state index < -0.39 is 0 Å². The molecule has 37 heavy (non-hydrogen) atoms. The first-order valence-corrected chi connectivity index (χ1v) is 12.1. The quantitative estimate of drug-likeness (QED) is 0.299. The number of carbonyl (C=O) groups is 1. The van der Waals surface area contributed by atoms with E-state index in [0.29, 0.717) is 24.6 Å². The van der Waals surface area contributed by atoms with Crippen LogP contribution < -0.4 is 5.73 Å². The number of fused-ring (bicyclic) bond motifs is 2. The number of rotatable bonds is 3. The van der Waals surface area contributed by atoms with Crippen LogP contribution in [0.25, 0.3) is 33.1 Å². The van der Waals surface area contributed by atoms with Crippen molar-refractivity contribution >= 4 is 33.7 Å². The Labute approximate surface area is 214 Å². The first-order valence-electron chi connectivity index (χ1n) is 12.1. The molecule has 7 nitrogen and oxygen atoms in total. The molecular formula is C30H24N6O. The maximum Gasteiger partial charge on any atom is 0.246 e. The van der Waals surface area contributed by atoms with Gasteiger partial charge in [-0.15, -0.1) is 0 Å². The van der Waals surface area contributed by atoms with Crippen molar-refractivity contribution in [3.63, 3.8) is 0 Å². The van der Waals surface area contributed by atoms with Gasteiger partial charge < -0.3 is 15.2 Å². The molecule has 1 aliphatic heterocycles. The van der Waals surface area contributed by atoms with Crippen LogP contribution in [0.15, 0.2) is 85.8 Å². The summed E-state index contributed by atoms with van der Waals surface area (Å²) in [6, 6.07) is 19.9. The molecule has 1 saturated heterocycles. The fourth-order valence-corrected chi connectivity index (χ4v) is 5.06. The van der Waals surface area contributed by atoms with Gasteiger partial charge in [-0.25, -0.2) is 9.97 Å². The average molecular weight is 485 g/mol. The zero-order chi connectivity index (χ0) is 25.4. The van der Waals surface area contributed by atoms with Gasteiger partial charge in [0, 0.05) is 41.4 Å². The number of nitrogens with two attached hydrogens (primary N) is 1. The second kappa shape index (κ2) is 9.25. The van der Waals surface area contributed by atoms with Crippen molar-refractivity contribution < 1.29 is 4.79 Å². The highest BCUT2D eigenvalue weighted by Gasteiger charge is 2.32. The Bertz CT molecular complexity index is 1730. The Morgan fingerprint density at radius 1 is 1.05 bits per heavy atom. The van der Waals surface area contributed by atoms with Gasteiger partial charge in [-0.3, -0.25) is 9.78 Å². The number of aromatic nitrogens is 4. The average Bonchev–Trinajstić information content (AvgIpc) is 3.55. The molecule has 4 heterocycles. The molecule has 1 amide bonds. The molecule has 2 aromatic carbocycles. The van der Waals surface area contributed by atoms with E-state index in [1.807, 2.05) is 60.8 Å². The van der Waals surface area contributed by atoms with Crippen molar-refractivity contribution in [3.8, 4) is 23.0 Å². The number of hydrogen-bond donors (Lipinski definition) is 1. The number of hydrogen-bond acceptors (Lipinski definition) is 5. The van der Waals surface area contributed by atoms with Crippen LogP contribution in [0.5, 0.6) is 0 Å². The fraction of sp³-hybridized carbons (Fsp3) is 0.133. The third-order valence-electron chi connectivity index (χ3n) is 6.81. The monoisotopic (exact) mass is 484 g/mol. The Kier molecular flexibility index (Phi) is 5.62. The number of nitrogens with zero attached hydrogens (tertiary/aromatic N) is 5. The van der Waals surface area contributed by atoms with Gasteiger partial charge in [0.05, 0.1) is 16.9 Å². The number of para-hydroxylation sites is 1. The first kappa shape index (κ1) is 22.5. The van der Waals surface area contributed by atoms with E-state index in [0.717, 1.165) is 45.1 Å².